The van der Waals surface area contributed by atoms with Gasteiger partial charge < -0.3 is 19.4 Å². The molecular weight excluding hydrogens is 384 g/mol. The summed E-state index contributed by atoms with van der Waals surface area (Å²) >= 11 is 6.39. The van der Waals surface area contributed by atoms with Crippen molar-refractivity contribution >= 4 is 41.2 Å². The molecule has 0 aliphatic carbocycles. The molecule has 144 valence electrons. The highest BCUT2D eigenvalue weighted by Gasteiger charge is 2.22. The molecule has 2 rings (SSSR count). The third kappa shape index (κ3) is 5.05. The monoisotopic (exact) mass is 406 g/mol. The zero-order valence-electron chi connectivity index (χ0n) is 15.5. The van der Waals surface area contributed by atoms with Crippen molar-refractivity contribution in [3.8, 4) is 5.75 Å². The molecule has 2 aromatic rings. The highest BCUT2D eigenvalue weighted by molar-refractivity contribution is 7.73. The summed E-state index contributed by atoms with van der Waals surface area (Å²) in [6.45, 7) is 9.71. The van der Waals surface area contributed by atoms with Crippen molar-refractivity contribution in [1.82, 2.24) is 4.57 Å². The van der Waals surface area contributed by atoms with Crippen LogP contribution in [0.1, 0.15) is 27.7 Å². The molecule has 0 saturated carbocycles. The molecule has 0 spiro atoms. The number of allylic oxidation sites excluding steroid dienone is 1. The van der Waals surface area contributed by atoms with Gasteiger partial charge in [-0.15, -0.1) is 6.58 Å². The number of hydrogen-bond donors (Lipinski definition) is 1. The number of esters is 1. The highest BCUT2D eigenvalue weighted by Crippen LogP contribution is 2.26. The Balaban J connectivity index is 2.20. The van der Waals surface area contributed by atoms with Crippen LogP contribution in [-0.4, -0.2) is 29.7 Å². The second-order valence-electron chi connectivity index (χ2n) is 5.70. The summed E-state index contributed by atoms with van der Waals surface area (Å²) in [7, 11) is 0. The number of nitrogens with one attached hydrogen (secondary N) is 1. The number of ether oxygens (including phenoxy) is 2. The average Bonchev–Trinajstić information content (AvgIpc) is 2.93. The number of carbonyl (C=O) groups excluding carboxylic acids is 2. The van der Waals surface area contributed by atoms with Crippen LogP contribution in [0.3, 0.4) is 0 Å². The van der Waals surface area contributed by atoms with E-state index in [9.17, 15) is 9.59 Å². The molecule has 27 heavy (non-hydrogen) atoms. The summed E-state index contributed by atoms with van der Waals surface area (Å²) in [6, 6.07) is 5.65. The minimum atomic E-state index is -0.526. The van der Waals surface area contributed by atoms with Crippen molar-refractivity contribution in [1.29, 1.82) is 0 Å². The average molecular weight is 407 g/mol. The number of rotatable bonds is 8. The van der Waals surface area contributed by atoms with Crippen molar-refractivity contribution in [3.63, 3.8) is 0 Å². The molecule has 0 saturated heterocycles. The van der Waals surface area contributed by atoms with Gasteiger partial charge in [-0.2, -0.15) is 0 Å². The molecular formula is C19H22N2O4S2. The number of amides is 1. The molecule has 1 heterocycles. The van der Waals surface area contributed by atoms with Crippen LogP contribution in [0.4, 0.5) is 5.82 Å². The molecule has 1 N–H and O–H groups in total. The van der Waals surface area contributed by atoms with Gasteiger partial charge in [0.25, 0.3) is 5.91 Å². The van der Waals surface area contributed by atoms with E-state index in [2.05, 4.69) is 11.9 Å². The van der Waals surface area contributed by atoms with Gasteiger partial charge in [-0.05, 0) is 50.2 Å². The van der Waals surface area contributed by atoms with Crippen LogP contribution in [0, 0.1) is 17.8 Å². The molecule has 0 aliphatic rings. The van der Waals surface area contributed by atoms with Gasteiger partial charge in [0, 0.05) is 6.54 Å². The zero-order valence-corrected chi connectivity index (χ0v) is 17.2. The van der Waals surface area contributed by atoms with E-state index in [1.54, 1.807) is 17.6 Å². The first-order valence-electron chi connectivity index (χ1n) is 8.39. The van der Waals surface area contributed by atoms with Crippen LogP contribution in [0.25, 0.3) is 0 Å². The van der Waals surface area contributed by atoms with E-state index >= 15 is 0 Å². The van der Waals surface area contributed by atoms with Gasteiger partial charge >= 0.3 is 5.97 Å². The van der Waals surface area contributed by atoms with Crippen molar-refractivity contribution in [2.24, 2.45) is 0 Å². The lowest BCUT2D eigenvalue weighted by Crippen LogP contribution is -2.23. The fourth-order valence-corrected chi connectivity index (χ4v) is 3.62. The maximum atomic E-state index is 12.4. The van der Waals surface area contributed by atoms with E-state index in [1.165, 1.54) is 0 Å². The Bertz CT molecular complexity index is 915. The number of hydrogen-bond acceptors (Lipinski definition) is 6. The Morgan fingerprint density at radius 3 is 2.78 bits per heavy atom. The maximum absolute atomic E-state index is 12.4. The molecule has 0 unspecified atom stereocenters. The maximum Gasteiger partial charge on any atom is 0.352 e. The van der Waals surface area contributed by atoms with Gasteiger partial charge in [0.05, 0.1) is 6.61 Å². The lowest BCUT2D eigenvalue weighted by Gasteiger charge is -2.13. The fraction of sp³-hybridized carbons (Fsp3) is 0.316. The number of anilines is 1. The second kappa shape index (κ2) is 9.48. The van der Waals surface area contributed by atoms with E-state index in [4.69, 9.17) is 21.7 Å². The molecule has 0 bridgehead atoms. The molecule has 0 fully saturated rings. The lowest BCUT2D eigenvalue weighted by atomic mass is 10.1. The van der Waals surface area contributed by atoms with Crippen molar-refractivity contribution < 1.29 is 19.1 Å². The van der Waals surface area contributed by atoms with Crippen LogP contribution in [0.2, 0.25) is 0 Å². The Morgan fingerprint density at radius 1 is 1.37 bits per heavy atom. The van der Waals surface area contributed by atoms with Gasteiger partial charge in [-0.3, -0.25) is 4.79 Å². The van der Waals surface area contributed by atoms with E-state index < -0.39 is 11.9 Å². The standard InChI is InChI=1S/C19H22N2O4S2/c1-5-10-21-17(16(27-19(21)26)18(23)24-6-2)20-15(22)11-25-14-9-7-8-12(3)13(14)4/h5,7-9H,1,6,10-11H2,2-4H3,(H,20,22). The molecule has 1 amide bonds. The number of thiazole rings is 1. The van der Waals surface area contributed by atoms with Crippen LogP contribution < -0.4 is 10.1 Å². The van der Waals surface area contributed by atoms with E-state index in [-0.39, 0.29) is 18.1 Å². The van der Waals surface area contributed by atoms with Crippen LogP contribution in [-0.2, 0) is 16.1 Å². The van der Waals surface area contributed by atoms with Gasteiger partial charge in [-0.25, -0.2) is 4.79 Å². The predicted octanol–water partition coefficient (Wildman–Crippen LogP) is 4.28. The van der Waals surface area contributed by atoms with E-state index in [1.807, 2.05) is 32.0 Å². The predicted molar refractivity (Wildman–Crippen MR) is 109 cm³/mol. The lowest BCUT2D eigenvalue weighted by molar-refractivity contribution is -0.118. The largest absolute Gasteiger partial charge is 0.483 e. The Morgan fingerprint density at radius 2 is 2.11 bits per heavy atom. The fourth-order valence-electron chi connectivity index (χ4n) is 2.35. The summed E-state index contributed by atoms with van der Waals surface area (Å²) in [4.78, 5) is 24.9. The third-order valence-electron chi connectivity index (χ3n) is 3.84. The first kappa shape index (κ1) is 20.9. The summed E-state index contributed by atoms with van der Waals surface area (Å²) in [5.74, 6) is 0.0242. The Labute approximate surface area is 167 Å². The van der Waals surface area contributed by atoms with Gasteiger partial charge in [-0.1, -0.05) is 29.5 Å². The normalized spacial score (nSPS) is 10.3. The summed E-state index contributed by atoms with van der Waals surface area (Å²) in [5, 5.41) is 2.72. The summed E-state index contributed by atoms with van der Waals surface area (Å²) < 4.78 is 12.8. The van der Waals surface area contributed by atoms with Crippen molar-refractivity contribution in [2.75, 3.05) is 18.5 Å². The SMILES string of the molecule is C=CCn1c(NC(=O)COc2cccc(C)c2C)c(C(=O)OCC)sc1=S. The van der Waals surface area contributed by atoms with E-state index in [0.29, 0.717) is 22.1 Å². The molecule has 8 heteroatoms. The number of nitrogens with zero attached hydrogens (tertiary/aromatic N) is 1. The van der Waals surface area contributed by atoms with Crippen molar-refractivity contribution in [2.45, 2.75) is 27.3 Å². The smallest absolute Gasteiger partial charge is 0.352 e. The zero-order chi connectivity index (χ0) is 20.0. The minimum Gasteiger partial charge on any atom is -0.483 e. The number of benzene rings is 1. The molecule has 0 aliphatic heterocycles. The number of carbonyl (C=O) groups is 2. The van der Waals surface area contributed by atoms with Crippen LogP contribution >= 0.6 is 23.6 Å². The molecule has 6 nitrogen and oxygen atoms in total. The number of aromatic nitrogens is 1. The third-order valence-corrected chi connectivity index (χ3v) is 5.27. The van der Waals surface area contributed by atoms with Gasteiger partial charge in [0.2, 0.25) is 0 Å². The van der Waals surface area contributed by atoms with Gasteiger partial charge in [0.15, 0.2) is 15.4 Å². The summed E-state index contributed by atoms with van der Waals surface area (Å²) in [5.41, 5.74) is 2.05. The van der Waals surface area contributed by atoms with Crippen LogP contribution in [0.15, 0.2) is 30.9 Å². The molecule has 1 aromatic carbocycles. The van der Waals surface area contributed by atoms with E-state index in [0.717, 1.165) is 22.5 Å². The molecule has 0 atom stereocenters. The quantitative estimate of drug-likeness (QED) is 0.403. The topological polar surface area (TPSA) is 69.6 Å². The first-order valence-corrected chi connectivity index (χ1v) is 9.62. The second-order valence-corrected chi connectivity index (χ2v) is 7.34. The molecule has 1 aromatic heterocycles. The Kier molecular flexibility index (Phi) is 7.32. The highest BCUT2D eigenvalue weighted by atomic mass is 32.1. The van der Waals surface area contributed by atoms with Crippen molar-refractivity contribution in [3.05, 3.63) is 50.8 Å². The summed E-state index contributed by atoms with van der Waals surface area (Å²) in [6.07, 6.45) is 1.64. The minimum absolute atomic E-state index is 0.191. The van der Waals surface area contributed by atoms with Gasteiger partial charge in [0.1, 0.15) is 11.6 Å². The first-order chi connectivity index (χ1) is 12.9. The molecule has 0 radical (unpaired) electrons. The van der Waals surface area contributed by atoms with Crippen LogP contribution in [0.5, 0.6) is 5.75 Å². The number of aryl methyl sites for hydroxylation is 1. The Hall–Kier alpha value is -2.45.